The van der Waals surface area contributed by atoms with Crippen LogP contribution < -0.4 is 0 Å². The summed E-state index contributed by atoms with van der Waals surface area (Å²) in [5.41, 5.74) is -0.245. The van der Waals surface area contributed by atoms with E-state index in [1.165, 1.54) is 0 Å². The molecular weight excluding hydrogens is 260 g/mol. The molecule has 0 aliphatic heterocycles. The van der Waals surface area contributed by atoms with Crippen molar-refractivity contribution >= 4 is 15.9 Å². The van der Waals surface area contributed by atoms with Crippen LogP contribution in [0.15, 0.2) is 10.7 Å². The lowest BCUT2D eigenvalue weighted by Gasteiger charge is -2.24. The van der Waals surface area contributed by atoms with Crippen molar-refractivity contribution in [2.24, 2.45) is 0 Å². The van der Waals surface area contributed by atoms with E-state index in [-0.39, 0.29) is 6.61 Å². The predicted molar refractivity (Wildman–Crippen MR) is 61.7 cm³/mol. The molecule has 5 heteroatoms. The molecule has 0 aliphatic rings. The predicted octanol–water partition coefficient (Wildman–Crippen LogP) is 1.91. The van der Waals surface area contributed by atoms with Crippen LogP contribution in [0, 0.1) is 0 Å². The van der Waals surface area contributed by atoms with Crippen molar-refractivity contribution in [3.63, 3.8) is 0 Å². The molecule has 0 amide bonds. The molecule has 0 saturated carbocycles. The summed E-state index contributed by atoms with van der Waals surface area (Å²) in [7, 11) is 1.57. The van der Waals surface area contributed by atoms with Crippen LogP contribution in [-0.4, -0.2) is 28.6 Å². The molecule has 15 heavy (non-hydrogen) atoms. The van der Waals surface area contributed by atoms with E-state index in [9.17, 15) is 5.11 Å². The number of halogens is 1. The summed E-state index contributed by atoms with van der Waals surface area (Å²) in [6, 6.07) is 0. The number of aliphatic hydroxyl groups is 1. The van der Waals surface area contributed by atoms with E-state index in [0.717, 1.165) is 23.1 Å². The molecule has 1 aromatic rings. The second-order valence-electron chi connectivity index (χ2n) is 3.77. The Morgan fingerprint density at radius 2 is 2.33 bits per heavy atom. The summed E-state index contributed by atoms with van der Waals surface area (Å²) in [6.45, 7) is 4.84. The highest BCUT2D eigenvalue weighted by molar-refractivity contribution is 9.10. The molecule has 0 radical (unpaired) electrons. The summed E-state index contributed by atoms with van der Waals surface area (Å²) in [5.74, 6) is 0. The molecule has 1 heterocycles. The summed E-state index contributed by atoms with van der Waals surface area (Å²) >= 11 is 3.39. The van der Waals surface area contributed by atoms with Crippen LogP contribution in [0.1, 0.15) is 26.0 Å². The summed E-state index contributed by atoms with van der Waals surface area (Å²) in [6.07, 6.45) is 2.68. The molecule has 0 aliphatic carbocycles. The van der Waals surface area contributed by atoms with Gasteiger partial charge >= 0.3 is 0 Å². The quantitative estimate of drug-likeness (QED) is 0.894. The van der Waals surface area contributed by atoms with Crippen molar-refractivity contribution in [1.82, 2.24) is 9.78 Å². The van der Waals surface area contributed by atoms with Crippen LogP contribution in [0.5, 0.6) is 0 Å². The molecule has 86 valence electrons. The molecule has 0 bridgehead atoms. The van der Waals surface area contributed by atoms with Gasteiger partial charge in [0.2, 0.25) is 0 Å². The standard InChI is InChI=1S/C10H17BrN2O2/c1-4-5-13-9(8(11)6-12-13)10(2,14)7-15-3/h6,14H,4-5,7H2,1-3H3. The van der Waals surface area contributed by atoms with Gasteiger partial charge in [-0.1, -0.05) is 6.92 Å². The smallest absolute Gasteiger partial charge is 0.128 e. The van der Waals surface area contributed by atoms with Crippen molar-refractivity contribution in [3.05, 3.63) is 16.4 Å². The van der Waals surface area contributed by atoms with Gasteiger partial charge in [-0.2, -0.15) is 5.10 Å². The third-order valence-electron chi connectivity index (χ3n) is 2.17. The second kappa shape index (κ2) is 5.09. The minimum atomic E-state index is -1.01. The zero-order valence-electron chi connectivity index (χ0n) is 9.33. The topological polar surface area (TPSA) is 47.3 Å². The van der Waals surface area contributed by atoms with Gasteiger partial charge in [-0.15, -0.1) is 0 Å². The van der Waals surface area contributed by atoms with Crippen LogP contribution in [0.4, 0.5) is 0 Å². The molecule has 0 fully saturated rings. The Morgan fingerprint density at radius 3 is 2.87 bits per heavy atom. The fourth-order valence-electron chi connectivity index (χ4n) is 1.63. The van der Waals surface area contributed by atoms with Gasteiger partial charge in [0.25, 0.3) is 0 Å². The average Bonchev–Trinajstić information content (AvgIpc) is 2.48. The number of ether oxygens (including phenoxy) is 1. The van der Waals surface area contributed by atoms with Crippen LogP contribution in [0.25, 0.3) is 0 Å². The average molecular weight is 277 g/mol. The molecule has 1 unspecified atom stereocenters. The van der Waals surface area contributed by atoms with E-state index in [4.69, 9.17) is 4.74 Å². The van der Waals surface area contributed by atoms with Gasteiger partial charge < -0.3 is 9.84 Å². The Bertz CT molecular complexity index is 323. The highest BCUT2D eigenvalue weighted by Crippen LogP contribution is 2.28. The molecule has 0 spiro atoms. The van der Waals surface area contributed by atoms with E-state index >= 15 is 0 Å². The molecular formula is C10H17BrN2O2. The first-order valence-corrected chi connectivity index (χ1v) is 5.75. The molecule has 1 aromatic heterocycles. The monoisotopic (exact) mass is 276 g/mol. The Balaban J connectivity index is 3.04. The highest BCUT2D eigenvalue weighted by Gasteiger charge is 2.29. The van der Waals surface area contributed by atoms with E-state index in [2.05, 4.69) is 28.0 Å². The largest absolute Gasteiger partial charge is 0.381 e. The minimum Gasteiger partial charge on any atom is -0.381 e. The van der Waals surface area contributed by atoms with E-state index in [1.807, 2.05) is 4.68 Å². The van der Waals surface area contributed by atoms with Crippen LogP contribution in [0.2, 0.25) is 0 Å². The zero-order chi connectivity index (χ0) is 11.5. The van der Waals surface area contributed by atoms with Crippen LogP contribution in [-0.2, 0) is 16.9 Å². The van der Waals surface area contributed by atoms with Gasteiger partial charge in [0, 0.05) is 13.7 Å². The summed E-state index contributed by atoms with van der Waals surface area (Å²) in [5, 5.41) is 14.5. The van der Waals surface area contributed by atoms with Crippen molar-refractivity contribution in [3.8, 4) is 0 Å². The van der Waals surface area contributed by atoms with Gasteiger partial charge in [-0.3, -0.25) is 4.68 Å². The van der Waals surface area contributed by atoms with Crippen molar-refractivity contribution in [2.75, 3.05) is 13.7 Å². The first-order valence-electron chi connectivity index (χ1n) is 4.96. The lowest BCUT2D eigenvalue weighted by molar-refractivity contribution is -0.0277. The molecule has 1 N–H and O–H groups in total. The lowest BCUT2D eigenvalue weighted by Crippen LogP contribution is -2.31. The minimum absolute atomic E-state index is 0.251. The van der Waals surface area contributed by atoms with Gasteiger partial charge in [-0.25, -0.2) is 0 Å². The molecule has 1 atom stereocenters. The summed E-state index contributed by atoms with van der Waals surface area (Å²) < 4.78 is 7.63. The normalized spacial score (nSPS) is 15.3. The Morgan fingerprint density at radius 1 is 1.67 bits per heavy atom. The van der Waals surface area contributed by atoms with Crippen molar-refractivity contribution in [1.29, 1.82) is 0 Å². The number of hydrogen-bond donors (Lipinski definition) is 1. The number of methoxy groups -OCH3 is 1. The molecule has 0 aromatic carbocycles. The number of nitrogens with zero attached hydrogens (tertiary/aromatic N) is 2. The second-order valence-corrected chi connectivity index (χ2v) is 4.63. The van der Waals surface area contributed by atoms with Gasteiger partial charge in [0.1, 0.15) is 5.60 Å². The Labute approximate surface area is 98.4 Å². The van der Waals surface area contributed by atoms with Crippen molar-refractivity contribution in [2.45, 2.75) is 32.4 Å². The van der Waals surface area contributed by atoms with E-state index in [0.29, 0.717) is 0 Å². The first kappa shape index (κ1) is 12.7. The molecule has 0 saturated heterocycles. The third-order valence-corrected chi connectivity index (χ3v) is 2.75. The van der Waals surface area contributed by atoms with Crippen LogP contribution >= 0.6 is 15.9 Å². The SMILES string of the molecule is CCCn1ncc(Br)c1C(C)(O)COC. The highest BCUT2D eigenvalue weighted by atomic mass is 79.9. The first-order chi connectivity index (χ1) is 7.03. The maximum Gasteiger partial charge on any atom is 0.128 e. The van der Waals surface area contributed by atoms with Gasteiger partial charge in [-0.05, 0) is 29.3 Å². The Hall–Kier alpha value is -0.390. The fourth-order valence-corrected chi connectivity index (χ4v) is 2.35. The third kappa shape index (κ3) is 2.80. The fraction of sp³-hybridized carbons (Fsp3) is 0.700. The maximum atomic E-state index is 10.2. The van der Waals surface area contributed by atoms with Crippen LogP contribution in [0.3, 0.4) is 0 Å². The van der Waals surface area contributed by atoms with E-state index in [1.54, 1.807) is 20.2 Å². The Kier molecular flexibility index (Phi) is 4.31. The molecule has 1 rings (SSSR count). The lowest BCUT2D eigenvalue weighted by atomic mass is 10.0. The molecule has 4 nitrogen and oxygen atoms in total. The van der Waals surface area contributed by atoms with Gasteiger partial charge in [0.15, 0.2) is 0 Å². The number of hydrogen-bond acceptors (Lipinski definition) is 3. The number of aryl methyl sites for hydroxylation is 1. The summed E-state index contributed by atoms with van der Waals surface area (Å²) in [4.78, 5) is 0. The van der Waals surface area contributed by atoms with E-state index < -0.39 is 5.60 Å². The van der Waals surface area contributed by atoms with Crippen molar-refractivity contribution < 1.29 is 9.84 Å². The van der Waals surface area contributed by atoms with Gasteiger partial charge in [0.05, 0.1) is 23.0 Å². The maximum absolute atomic E-state index is 10.2. The number of rotatable bonds is 5. The zero-order valence-corrected chi connectivity index (χ0v) is 10.9. The number of aromatic nitrogens is 2.